The number of nitrogens with one attached hydrogen (secondary N) is 1. The second-order valence-electron chi connectivity index (χ2n) is 4.44. The van der Waals surface area contributed by atoms with Gasteiger partial charge in [-0.05, 0) is 24.6 Å². The van der Waals surface area contributed by atoms with Gasteiger partial charge in [-0.15, -0.1) is 0 Å². The second kappa shape index (κ2) is 8.77. The lowest BCUT2D eigenvalue weighted by Gasteiger charge is -2.21. The highest BCUT2D eigenvalue weighted by Crippen LogP contribution is 2.08. The van der Waals surface area contributed by atoms with Crippen molar-refractivity contribution in [3.05, 3.63) is 35.4 Å². The fourth-order valence-electron chi connectivity index (χ4n) is 1.83. The third kappa shape index (κ3) is 5.28. The van der Waals surface area contributed by atoms with E-state index in [1.54, 1.807) is 31.3 Å². The van der Waals surface area contributed by atoms with E-state index < -0.39 is 0 Å². The summed E-state index contributed by atoms with van der Waals surface area (Å²) in [6, 6.07) is 6.86. The molecule has 21 heavy (non-hydrogen) atoms. The highest BCUT2D eigenvalue weighted by molar-refractivity contribution is 5.96. The summed E-state index contributed by atoms with van der Waals surface area (Å²) in [7, 11) is 1.54. The third-order valence-corrected chi connectivity index (χ3v) is 2.82. The predicted molar refractivity (Wildman–Crippen MR) is 80.7 cm³/mol. The van der Waals surface area contributed by atoms with Crippen LogP contribution in [0.4, 0.5) is 0 Å². The molecule has 0 aliphatic rings. The van der Waals surface area contributed by atoms with Gasteiger partial charge in [0.2, 0.25) is 5.91 Å². The third-order valence-electron chi connectivity index (χ3n) is 2.82. The van der Waals surface area contributed by atoms with E-state index in [2.05, 4.69) is 17.2 Å². The predicted octanol–water partition coefficient (Wildman–Crippen LogP) is 0.629. The second-order valence-corrected chi connectivity index (χ2v) is 4.44. The van der Waals surface area contributed by atoms with Gasteiger partial charge in [0, 0.05) is 24.7 Å². The number of benzene rings is 1. The van der Waals surface area contributed by atoms with E-state index in [0.29, 0.717) is 17.7 Å². The Balaban J connectivity index is 2.94. The maximum atomic E-state index is 12.5. The molecule has 0 unspecified atom stereocenters. The topological polar surface area (TPSA) is 69.6 Å². The summed E-state index contributed by atoms with van der Waals surface area (Å²) in [6.07, 6.45) is 0.771. The number of carbonyl (C=O) groups is 2. The van der Waals surface area contributed by atoms with Gasteiger partial charge in [0.25, 0.3) is 5.91 Å². The molecule has 0 aromatic heterocycles. The van der Waals surface area contributed by atoms with E-state index in [4.69, 9.17) is 5.11 Å². The van der Waals surface area contributed by atoms with Gasteiger partial charge < -0.3 is 15.3 Å². The van der Waals surface area contributed by atoms with Gasteiger partial charge in [0.1, 0.15) is 6.61 Å². The summed E-state index contributed by atoms with van der Waals surface area (Å²) < 4.78 is 0. The van der Waals surface area contributed by atoms with Crippen LogP contribution >= 0.6 is 0 Å². The van der Waals surface area contributed by atoms with Gasteiger partial charge in [-0.2, -0.15) is 0 Å². The number of aliphatic hydroxyl groups excluding tert-OH is 1. The molecule has 0 saturated heterocycles. The minimum Gasteiger partial charge on any atom is -0.384 e. The first-order valence-corrected chi connectivity index (χ1v) is 6.82. The molecule has 0 heterocycles. The van der Waals surface area contributed by atoms with Crippen molar-refractivity contribution in [2.45, 2.75) is 13.3 Å². The Morgan fingerprint density at radius 3 is 2.76 bits per heavy atom. The van der Waals surface area contributed by atoms with Crippen molar-refractivity contribution in [3.63, 3.8) is 0 Å². The number of aliphatic hydroxyl groups is 1. The van der Waals surface area contributed by atoms with Crippen molar-refractivity contribution in [2.75, 3.05) is 26.7 Å². The average Bonchev–Trinajstić information content (AvgIpc) is 2.51. The standard InChI is InChI=1S/C16H20N2O3/c1-3-9-18(12-15(20)17-2)16(21)14-8-4-6-13(11-14)7-5-10-19/h4,6,8,11,19H,3,9-10,12H2,1-2H3,(H,17,20). The number of amides is 2. The quantitative estimate of drug-likeness (QED) is 0.781. The number of hydrogen-bond acceptors (Lipinski definition) is 3. The largest absolute Gasteiger partial charge is 0.384 e. The zero-order valence-electron chi connectivity index (χ0n) is 12.3. The SMILES string of the molecule is CCCN(CC(=O)NC)C(=O)c1cccc(C#CCO)c1. The van der Waals surface area contributed by atoms with Crippen LogP contribution in [0.25, 0.3) is 0 Å². The van der Waals surface area contributed by atoms with Crippen LogP contribution < -0.4 is 5.32 Å². The Labute approximate surface area is 125 Å². The zero-order valence-corrected chi connectivity index (χ0v) is 12.3. The molecule has 0 aliphatic heterocycles. The molecule has 1 aromatic carbocycles. The van der Waals surface area contributed by atoms with Crippen LogP contribution in [0, 0.1) is 11.8 Å². The van der Waals surface area contributed by atoms with Crippen LogP contribution in [-0.2, 0) is 4.79 Å². The summed E-state index contributed by atoms with van der Waals surface area (Å²) in [5.41, 5.74) is 1.14. The molecule has 0 atom stereocenters. The summed E-state index contributed by atoms with van der Waals surface area (Å²) in [6.45, 7) is 2.28. The van der Waals surface area contributed by atoms with E-state index in [0.717, 1.165) is 6.42 Å². The number of rotatable bonds is 5. The Kier molecular flexibility index (Phi) is 6.99. The Morgan fingerprint density at radius 1 is 1.38 bits per heavy atom. The molecule has 2 N–H and O–H groups in total. The van der Waals surface area contributed by atoms with E-state index in [-0.39, 0.29) is 25.0 Å². The molecule has 0 spiro atoms. The van der Waals surface area contributed by atoms with Crippen LogP contribution in [0.2, 0.25) is 0 Å². The van der Waals surface area contributed by atoms with Crippen LogP contribution in [0.3, 0.4) is 0 Å². The smallest absolute Gasteiger partial charge is 0.254 e. The van der Waals surface area contributed by atoms with Crippen molar-refractivity contribution in [2.24, 2.45) is 0 Å². The highest BCUT2D eigenvalue weighted by Gasteiger charge is 2.17. The van der Waals surface area contributed by atoms with Crippen LogP contribution in [0.15, 0.2) is 24.3 Å². The first kappa shape index (κ1) is 16.7. The van der Waals surface area contributed by atoms with Crippen molar-refractivity contribution in [1.29, 1.82) is 0 Å². The van der Waals surface area contributed by atoms with Crippen LogP contribution in [0.1, 0.15) is 29.3 Å². The Bertz CT molecular complexity index is 558. The average molecular weight is 288 g/mol. The summed E-state index contributed by atoms with van der Waals surface area (Å²) in [5, 5.41) is 11.2. The fraction of sp³-hybridized carbons (Fsp3) is 0.375. The number of likely N-dealkylation sites (N-methyl/N-ethyl adjacent to an activating group) is 1. The molecular formula is C16H20N2O3. The zero-order chi connectivity index (χ0) is 15.7. The molecule has 0 saturated carbocycles. The highest BCUT2D eigenvalue weighted by atomic mass is 16.2. The van der Waals surface area contributed by atoms with E-state index in [1.165, 1.54) is 4.90 Å². The summed E-state index contributed by atoms with van der Waals surface area (Å²) in [4.78, 5) is 25.5. The van der Waals surface area contributed by atoms with Gasteiger partial charge in [-0.25, -0.2) is 0 Å². The molecule has 0 radical (unpaired) electrons. The maximum Gasteiger partial charge on any atom is 0.254 e. The van der Waals surface area contributed by atoms with Crippen LogP contribution in [0.5, 0.6) is 0 Å². The van der Waals surface area contributed by atoms with Crippen molar-refractivity contribution in [3.8, 4) is 11.8 Å². The molecule has 1 aromatic rings. The monoisotopic (exact) mass is 288 g/mol. The van der Waals surface area contributed by atoms with Gasteiger partial charge in [0.05, 0.1) is 6.54 Å². The van der Waals surface area contributed by atoms with Gasteiger partial charge in [-0.3, -0.25) is 9.59 Å². The summed E-state index contributed by atoms with van der Waals surface area (Å²) >= 11 is 0. The normalized spacial score (nSPS) is 9.48. The lowest BCUT2D eigenvalue weighted by atomic mass is 10.1. The number of carbonyl (C=O) groups excluding carboxylic acids is 2. The first-order chi connectivity index (χ1) is 10.1. The molecule has 0 aliphatic carbocycles. The van der Waals surface area contributed by atoms with Gasteiger partial charge >= 0.3 is 0 Å². The lowest BCUT2D eigenvalue weighted by Crippen LogP contribution is -2.40. The molecule has 112 valence electrons. The maximum absolute atomic E-state index is 12.5. The Hall–Kier alpha value is -2.32. The van der Waals surface area contributed by atoms with Gasteiger partial charge in [0.15, 0.2) is 0 Å². The fourth-order valence-corrected chi connectivity index (χ4v) is 1.83. The minimum atomic E-state index is -0.225. The number of hydrogen-bond donors (Lipinski definition) is 2. The molecule has 5 nitrogen and oxygen atoms in total. The molecule has 2 amide bonds. The van der Waals surface area contributed by atoms with E-state index >= 15 is 0 Å². The number of nitrogens with zero attached hydrogens (tertiary/aromatic N) is 1. The lowest BCUT2D eigenvalue weighted by molar-refractivity contribution is -0.121. The first-order valence-electron chi connectivity index (χ1n) is 6.82. The van der Waals surface area contributed by atoms with Gasteiger partial charge in [-0.1, -0.05) is 24.8 Å². The summed E-state index contributed by atoms with van der Waals surface area (Å²) in [5.74, 6) is 4.90. The van der Waals surface area contributed by atoms with Crippen molar-refractivity contribution < 1.29 is 14.7 Å². The molecule has 5 heteroatoms. The van der Waals surface area contributed by atoms with E-state index in [1.807, 2.05) is 6.92 Å². The minimum absolute atomic E-state index is 0.0374. The van der Waals surface area contributed by atoms with Crippen molar-refractivity contribution >= 4 is 11.8 Å². The molecule has 1 rings (SSSR count). The van der Waals surface area contributed by atoms with E-state index in [9.17, 15) is 9.59 Å². The molecular weight excluding hydrogens is 268 g/mol. The van der Waals surface area contributed by atoms with Crippen molar-refractivity contribution in [1.82, 2.24) is 10.2 Å². The van der Waals surface area contributed by atoms with Crippen LogP contribution in [-0.4, -0.2) is 48.6 Å². The Morgan fingerprint density at radius 2 is 2.14 bits per heavy atom. The molecule has 0 fully saturated rings. The molecule has 0 bridgehead atoms.